The summed E-state index contributed by atoms with van der Waals surface area (Å²) in [5.74, 6) is 0.955. The lowest BCUT2D eigenvalue weighted by atomic mass is 10.2. The highest BCUT2D eigenvalue weighted by molar-refractivity contribution is 8.93. The van der Waals surface area contributed by atoms with Crippen LogP contribution in [0.3, 0.4) is 0 Å². The summed E-state index contributed by atoms with van der Waals surface area (Å²) in [6.45, 7) is 3.06. The van der Waals surface area contributed by atoms with Crippen LogP contribution in [0.5, 0.6) is 0 Å². The van der Waals surface area contributed by atoms with E-state index in [0.29, 0.717) is 0 Å². The minimum Gasteiger partial charge on any atom is -0.256 e. The quantitative estimate of drug-likeness (QED) is 0.515. The zero-order chi connectivity index (χ0) is 15.9. The van der Waals surface area contributed by atoms with E-state index >= 15 is 0 Å². The SMILES string of the molecule is Br.CCCCC/N=c1\nc(-c2ccccc2)n(-c2ccccc2)s1. The van der Waals surface area contributed by atoms with Crippen molar-refractivity contribution in [3.8, 4) is 17.1 Å². The second kappa shape index (κ2) is 9.55. The number of halogens is 1. The highest BCUT2D eigenvalue weighted by Gasteiger charge is 2.10. The molecular weight excluding hydrogens is 382 g/mol. The van der Waals surface area contributed by atoms with Gasteiger partial charge in [0.2, 0.25) is 4.80 Å². The van der Waals surface area contributed by atoms with E-state index in [2.05, 4.69) is 52.3 Å². The van der Waals surface area contributed by atoms with Crippen molar-refractivity contribution in [2.45, 2.75) is 26.2 Å². The molecule has 3 rings (SSSR count). The van der Waals surface area contributed by atoms with Gasteiger partial charge in [-0.1, -0.05) is 68.3 Å². The summed E-state index contributed by atoms with van der Waals surface area (Å²) in [5, 5.41) is 0. The summed E-state index contributed by atoms with van der Waals surface area (Å²) in [4.78, 5) is 10.3. The average molecular weight is 404 g/mol. The third kappa shape index (κ3) is 4.65. The zero-order valence-corrected chi connectivity index (χ0v) is 16.3. The molecule has 2 aromatic carbocycles. The van der Waals surface area contributed by atoms with E-state index in [1.54, 1.807) is 11.5 Å². The summed E-state index contributed by atoms with van der Waals surface area (Å²) in [7, 11) is 0. The zero-order valence-electron chi connectivity index (χ0n) is 13.8. The Bertz CT molecular complexity index is 734. The van der Waals surface area contributed by atoms with Gasteiger partial charge >= 0.3 is 0 Å². The molecule has 0 radical (unpaired) electrons. The third-order valence-electron chi connectivity index (χ3n) is 3.60. The molecule has 3 nitrogen and oxygen atoms in total. The molecule has 1 heterocycles. The molecule has 0 bridgehead atoms. The highest BCUT2D eigenvalue weighted by Crippen LogP contribution is 2.21. The van der Waals surface area contributed by atoms with E-state index in [1.807, 2.05) is 24.3 Å². The highest BCUT2D eigenvalue weighted by atomic mass is 79.9. The standard InChI is InChI=1S/C19H21N3S.BrH/c1-2-3-10-15-20-19-21-18(16-11-6-4-7-12-16)22(23-19)17-13-8-5-9-14-17;/h4-9,11-14H,2-3,10,15H2,1H3;1H/b20-19+;. The van der Waals surface area contributed by atoms with Gasteiger partial charge in [-0.25, -0.2) is 3.96 Å². The Morgan fingerprint density at radius 1 is 0.958 bits per heavy atom. The number of hydrogen-bond donors (Lipinski definition) is 0. The first kappa shape index (κ1) is 18.6. The molecule has 0 aliphatic rings. The number of unbranched alkanes of at least 4 members (excludes halogenated alkanes) is 2. The van der Waals surface area contributed by atoms with Crippen molar-refractivity contribution in [3.05, 3.63) is 65.5 Å². The molecule has 1 aromatic heterocycles. The largest absolute Gasteiger partial charge is 0.256 e. The first-order valence-electron chi connectivity index (χ1n) is 8.10. The molecule has 0 aliphatic carbocycles. The Hall–Kier alpha value is -1.72. The Morgan fingerprint density at radius 2 is 1.62 bits per heavy atom. The summed E-state index contributed by atoms with van der Waals surface area (Å²) < 4.78 is 2.16. The first-order valence-corrected chi connectivity index (χ1v) is 8.87. The van der Waals surface area contributed by atoms with Crippen LogP contribution in [0.15, 0.2) is 65.7 Å². The number of benzene rings is 2. The lowest BCUT2D eigenvalue weighted by molar-refractivity contribution is 0.720. The molecule has 0 saturated heterocycles. The maximum atomic E-state index is 4.77. The predicted octanol–water partition coefficient (Wildman–Crippen LogP) is 5.27. The molecular formula is C19H22BrN3S. The molecule has 126 valence electrons. The van der Waals surface area contributed by atoms with Crippen LogP contribution in [0.2, 0.25) is 0 Å². The van der Waals surface area contributed by atoms with Gasteiger partial charge in [-0.2, -0.15) is 4.98 Å². The summed E-state index contributed by atoms with van der Waals surface area (Å²) in [5.41, 5.74) is 2.24. The van der Waals surface area contributed by atoms with Crippen molar-refractivity contribution in [3.63, 3.8) is 0 Å². The van der Waals surface area contributed by atoms with Gasteiger partial charge in [0, 0.05) is 12.1 Å². The fourth-order valence-electron chi connectivity index (χ4n) is 2.39. The monoisotopic (exact) mass is 403 g/mol. The number of para-hydroxylation sites is 1. The maximum absolute atomic E-state index is 4.77. The Morgan fingerprint density at radius 3 is 2.29 bits per heavy atom. The van der Waals surface area contributed by atoms with Gasteiger partial charge in [0.1, 0.15) is 0 Å². The number of aromatic nitrogens is 2. The van der Waals surface area contributed by atoms with Crippen LogP contribution in [-0.2, 0) is 0 Å². The normalized spacial score (nSPS) is 11.3. The lowest BCUT2D eigenvalue weighted by Crippen LogP contribution is -1.99. The van der Waals surface area contributed by atoms with Gasteiger partial charge in [-0.3, -0.25) is 4.99 Å². The second-order valence-electron chi connectivity index (χ2n) is 5.39. The van der Waals surface area contributed by atoms with Crippen molar-refractivity contribution in [2.75, 3.05) is 6.54 Å². The summed E-state index contributed by atoms with van der Waals surface area (Å²) in [6.07, 6.45) is 3.56. The lowest BCUT2D eigenvalue weighted by Gasteiger charge is -2.05. The third-order valence-corrected chi connectivity index (χ3v) is 4.55. The Labute approximate surface area is 157 Å². The van der Waals surface area contributed by atoms with E-state index in [1.165, 1.54) is 12.8 Å². The summed E-state index contributed by atoms with van der Waals surface area (Å²) in [6, 6.07) is 20.6. The first-order chi connectivity index (χ1) is 11.4. The topological polar surface area (TPSA) is 30.2 Å². The van der Waals surface area contributed by atoms with Crippen LogP contribution in [0.1, 0.15) is 26.2 Å². The maximum Gasteiger partial charge on any atom is 0.223 e. The molecule has 0 amide bonds. The van der Waals surface area contributed by atoms with Crippen LogP contribution in [-0.4, -0.2) is 15.5 Å². The minimum atomic E-state index is 0. The summed E-state index contributed by atoms with van der Waals surface area (Å²) >= 11 is 1.60. The van der Waals surface area contributed by atoms with Gasteiger partial charge in [0.25, 0.3) is 0 Å². The van der Waals surface area contributed by atoms with Crippen LogP contribution in [0, 0.1) is 0 Å². The molecule has 0 atom stereocenters. The van der Waals surface area contributed by atoms with Crippen LogP contribution in [0.4, 0.5) is 0 Å². The van der Waals surface area contributed by atoms with Crippen LogP contribution < -0.4 is 4.80 Å². The fraction of sp³-hybridized carbons (Fsp3) is 0.263. The predicted molar refractivity (Wildman–Crippen MR) is 107 cm³/mol. The number of hydrogen-bond acceptors (Lipinski definition) is 3. The molecule has 3 aromatic rings. The molecule has 0 aliphatic heterocycles. The Kier molecular flexibility index (Phi) is 7.40. The minimum absolute atomic E-state index is 0. The van der Waals surface area contributed by atoms with E-state index in [-0.39, 0.29) is 17.0 Å². The van der Waals surface area contributed by atoms with E-state index in [0.717, 1.165) is 34.8 Å². The molecule has 0 fully saturated rings. The van der Waals surface area contributed by atoms with E-state index in [9.17, 15) is 0 Å². The van der Waals surface area contributed by atoms with Gasteiger partial charge in [-0.15, -0.1) is 17.0 Å². The van der Waals surface area contributed by atoms with Crippen molar-refractivity contribution in [1.29, 1.82) is 0 Å². The molecule has 0 spiro atoms. The fourth-order valence-corrected chi connectivity index (χ4v) is 3.29. The Balaban J connectivity index is 0.00000208. The second-order valence-corrected chi connectivity index (χ2v) is 6.31. The van der Waals surface area contributed by atoms with Crippen molar-refractivity contribution in [2.24, 2.45) is 4.99 Å². The molecule has 0 N–H and O–H groups in total. The van der Waals surface area contributed by atoms with Crippen molar-refractivity contribution >= 4 is 28.5 Å². The van der Waals surface area contributed by atoms with E-state index in [4.69, 9.17) is 4.98 Å². The number of rotatable bonds is 6. The average Bonchev–Trinajstić information content (AvgIpc) is 3.05. The molecule has 0 unspecified atom stereocenters. The molecule has 0 saturated carbocycles. The van der Waals surface area contributed by atoms with Gasteiger partial charge in [0.15, 0.2) is 5.82 Å². The smallest absolute Gasteiger partial charge is 0.223 e. The number of nitrogens with zero attached hydrogens (tertiary/aromatic N) is 3. The van der Waals surface area contributed by atoms with E-state index < -0.39 is 0 Å². The van der Waals surface area contributed by atoms with Crippen molar-refractivity contribution < 1.29 is 0 Å². The van der Waals surface area contributed by atoms with Gasteiger partial charge in [0.05, 0.1) is 5.69 Å². The van der Waals surface area contributed by atoms with Crippen LogP contribution >= 0.6 is 28.5 Å². The van der Waals surface area contributed by atoms with Gasteiger partial charge in [-0.05, 0) is 30.1 Å². The molecule has 5 heteroatoms. The van der Waals surface area contributed by atoms with Crippen molar-refractivity contribution in [1.82, 2.24) is 8.94 Å². The van der Waals surface area contributed by atoms with Crippen LogP contribution in [0.25, 0.3) is 17.1 Å². The van der Waals surface area contributed by atoms with Gasteiger partial charge < -0.3 is 0 Å². The molecule has 24 heavy (non-hydrogen) atoms.